The molecule has 106 valence electrons. The van der Waals surface area contributed by atoms with Crippen molar-refractivity contribution >= 4 is 23.9 Å². The lowest BCUT2D eigenvalue weighted by molar-refractivity contribution is 0.111. The number of hydrogen-bond acceptors (Lipinski definition) is 3. The summed E-state index contributed by atoms with van der Waals surface area (Å²) in [4.78, 5) is 23.6. The Morgan fingerprint density at radius 2 is 1.24 bits per heavy atom. The van der Waals surface area contributed by atoms with Crippen LogP contribution in [0, 0.1) is 0 Å². The van der Waals surface area contributed by atoms with Crippen LogP contribution in [0.25, 0.3) is 0 Å². The van der Waals surface area contributed by atoms with Crippen LogP contribution in [0.4, 0.5) is 11.4 Å². The van der Waals surface area contributed by atoms with Gasteiger partial charge in [0.25, 0.3) is 0 Å². The van der Waals surface area contributed by atoms with Gasteiger partial charge in [0, 0.05) is 29.0 Å². The number of nitrogens with zero attached hydrogens (tertiary/aromatic N) is 1. The highest BCUT2D eigenvalue weighted by molar-refractivity contribution is 5.78. The number of carbonyl (C=O) groups is 2. The molecule has 2 aromatic rings. The molecule has 0 spiro atoms. The molecule has 2 aromatic carbocycles. The Morgan fingerprint density at radius 1 is 0.810 bits per heavy atom. The van der Waals surface area contributed by atoms with E-state index in [1.54, 1.807) is 24.3 Å². The van der Waals surface area contributed by atoms with E-state index in [0.29, 0.717) is 11.1 Å². The van der Waals surface area contributed by atoms with Crippen molar-refractivity contribution in [3.8, 4) is 0 Å². The first kappa shape index (κ1) is 14.7. The van der Waals surface area contributed by atoms with Crippen molar-refractivity contribution in [3.05, 3.63) is 71.8 Å². The molecule has 0 aromatic heterocycles. The normalized spacial score (nSPS) is 10.5. The molecular weight excluding hydrogens is 262 g/mol. The first-order valence-electron chi connectivity index (χ1n) is 6.77. The Labute approximate surface area is 124 Å². The van der Waals surface area contributed by atoms with E-state index in [2.05, 4.69) is 11.0 Å². The number of hydrogen-bond donors (Lipinski definition) is 0. The van der Waals surface area contributed by atoms with Crippen LogP contribution in [0.3, 0.4) is 0 Å². The molecule has 0 amide bonds. The molecule has 3 heteroatoms. The maximum atomic E-state index is 10.7. The molecule has 0 unspecified atom stereocenters. The minimum Gasteiger partial charge on any atom is -0.338 e. The highest BCUT2D eigenvalue weighted by Gasteiger charge is 2.08. The monoisotopic (exact) mass is 279 g/mol. The molecule has 21 heavy (non-hydrogen) atoms. The van der Waals surface area contributed by atoms with Gasteiger partial charge in [-0.1, -0.05) is 12.2 Å². The van der Waals surface area contributed by atoms with Gasteiger partial charge in [-0.05, 0) is 55.5 Å². The minimum atomic E-state index is 0.654. The molecule has 0 heterocycles. The maximum absolute atomic E-state index is 10.7. The van der Waals surface area contributed by atoms with E-state index in [-0.39, 0.29) is 0 Å². The van der Waals surface area contributed by atoms with Crippen molar-refractivity contribution in [1.82, 2.24) is 0 Å². The fourth-order valence-electron chi connectivity index (χ4n) is 2.04. The molecule has 0 atom stereocenters. The van der Waals surface area contributed by atoms with Gasteiger partial charge in [0.05, 0.1) is 0 Å². The van der Waals surface area contributed by atoms with Crippen molar-refractivity contribution in [2.45, 2.75) is 6.92 Å². The minimum absolute atomic E-state index is 0.654. The summed E-state index contributed by atoms with van der Waals surface area (Å²) in [5, 5.41) is 0. The van der Waals surface area contributed by atoms with E-state index in [0.717, 1.165) is 30.5 Å². The van der Waals surface area contributed by atoms with Crippen molar-refractivity contribution in [1.29, 1.82) is 0 Å². The summed E-state index contributed by atoms with van der Waals surface area (Å²) in [6.07, 6.45) is 5.71. The van der Waals surface area contributed by atoms with Gasteiger partial charge in [0.1, 0.15) is 12.6 Å². The molecule has 0 radical (unpaired) electrons. The van der Waals surface area contributed by atoms with Gasteiger partial charge in [-0.15, -0.1) is 0 Å². The lowest BCUT2D eigenvalue weighted by Gasteiger charge is -2.24. The van der Waals surface area contributed by atoms with Crippen LogP contribution in [0.15, 0.2) is 60.7 Å². The summed E-state index contributed by atoms with van der Waals surface area (Å²) < 4.78 is 0. The van der Waals surface area contributed by atoms with Crippen LogP contribution in [0.1, 0.15) is 27.6 Å². The molecule has 0 N–H and O–H groups in total. The Balaban J connectivity index is 2.35. The molecule has 0 saturated carbocycles. The van der Waals surface area contributed by atoms with Gasteiger partial charge in [0.2, 0.25) is 0 Å². The second-order valence-corrected chi connectivity index (χ2v) is 4.60. The second-order valence-electron chi connectivity index (χ2n) is 4.60. The molecule has 0 aliphatic rings. The molecule has 0 fully saturated rings. The summed E-state index contributed by atoms with van der Waals surface area (Å²) in [5.41, 5.74) is 3.30. The predicted octanol–water partition coefficient (Wildman–Crippen LogP) is 4.03. The largest absolute Gasteiger partial charge is 0.338 e. The highest BCUT2D eigenvalue weighted by Crippen LogP contribution is 2.25. The van der Waals surface area contributed by atoms with E-state index in [1.807, 2.05) is 37.3 Å². The van der Waals surface area contributed by atoms with Crippen molar-refractivity contribution in [3.63, 3.8) is 0 Å². The molecule has 0 saturated heterocycles. The number of anilines is 2. The Morgan fingerprint density at radius 3 is 1.57 bits per heavy atom. The average molecular weight is 279 g/mol. The summed E-state index contributed by atoms with van der Waals surface area (Å²) in [6.45, 7) is 2.69. The van der Waals surface area contributed by atoms with Crippen LogP contribution in [-0.2, 0) is 0 Å². The SMILES string of the molecule is C/C=C/CN(c1ccc(C=O)cc1)c1ccc(C=O)cc1. The Hall–Kier alpha value is -2.68. The zero-order valence-corrected chi connectivity index (χ0v) is 11.9. The lowest BCUT2D eigenvalue weighted by atomic mass is 10.1. The maximum Gasteiger partial charge on any atom is 0.150 e. The molecular formula is C18H17NO2. The third-order valence-corrected chi connectivity index (χ3v) is 3.21. The number of benzene rings is 2. The van der Waals surface area contributed by atoms with Gasteiger partial charge in [-0.2, -0.15) is 0 Å². The van der Waals surface area contributed by atoms with Crippen molar-refractivity contribution < 1.29 is 9.59 Å². The Bertz CT molecular complexity index is 576. The van der Waals surface area contributed by atoms with Crippen molar-refractivity contribution in [2.24, 2.45) is 0 Å². The summed E-state index contributed by atoms with van der Waals surface area (Å²) in [7, 11) is 0. The van der Waals surface area contributed by atoms with Gasteiger partial charge in [-0.25, -0.2) is 0 Å². The van der Waals surface area contributed by atoms with Gasteiger partial charge in [0.15, 0.2) is 0 Å². The summed E-state index contributed by atoms with van der Waals surface area (Å²) in [6, 6.07) is 14.9. The number of aldehydes is 2. The van der Waals surface area contributed by atoms with E-state index in [4.69, 9.17) is 0 Å². The predicted molar refractivity (Wildman–Crippen MR) is 85.5 cm³/mol. The second kappa shape index (κ2) is 7.20. The standard InChI is InChI=1S/C18H17NO2/c1-2-3-12-19(17-8-4-15(13-20)5-9-17)18-10-6-16(14-21)7-11-18/h2-11,13-14H,12H2,1H3/b3-2+. The first-order chi connectivity index (χ1) is 10.3. The highest BCUT2D eigenvalue weighted by atomic mass is 16.1. The molecule has 2 rings (SSSR count). The molecule has 0 bridgehead atoms. The van der Waals surface area contributed by atoms with Crippen LogP contribution >= 0.6 is 0 Å². The molecule has 3 nitrogen and oxygen atoms in total. The van der Waals surface area contributed by atoms with E-state index >= 15 is 0 Å². The third kappa shape index (κ3) is 3.66. The van der Waals surface area contributed by atoms with Crippen LogP contribution < -0.4 is 4.90 Å². The zero-order valence-electron chi connectivity index (χ0n) is 11.9. The first-order valence-corrected chi connectivity index (χ1v) is 6.77. The summed E-state index contributed by atoms with van der Waals surface area (Å²) in [5.74, 6) is 0. The van der Waals surface area contributed by atoms with Crippen LogP contribution in [0.2, 0.25) is 0 Å². The van der Waals surface area contributed by atoms with E-state index < -0.39 is 0 Å². The topological polar surface area (TPSA) is 37.4 Å². The van der Waals surface area contributed by atoms with Crippen LogP contribution in [-0.4, -0.2) is 19.1 Å². The summed E-state index contributed by atoms with van der Waals surface area (Å²) >= 11 is 0. The van der Waals surface area contributed by atoms with Crippen molar-refractivity contribution in [2.75, 3.05) is 11.4 Å². The van der Waals surface area contributed by atoms with E-state index in [9.17, 15) is 9.59 Å². The fraction of sp³-hybridized carbons (Fsp3) is 0.111. The fourth-order valence-corrected chi connectivity index (χ4v) is 2.04. The average Bonchev–Trinajstić information content (AvgIpc) is 2.56. The van der Waals surface area contributed by atoms with Gasteiger partial charge in [-0.3, -0.25) is 9.59 Å². The third-order valence-electron chi connectivity index (χ3n) is 3.21. The van der Waals surface area contributed by atoms with E-state index in [1.165, 1.54) is 0 Å². The molecule has 0 aliphatic heterocycles. The van der Waals surface area contributed by atoms with Crippen LogP contribution in [0.5, 0.6) is 0 Å². The lowest BCUT2D eigenvalue weighted by Crippen LogP contribution is -2.16. The number of rotatable bonds is 6. The smallest absolute Gasteiger partial charge is 0.150 e. The molecule has 0 aliphatic carbocycles. The zero-order chi connectivity index (χ0) is 15.1. The Kier molecular flexibility index (Phi) is 5.04. The quantitative estimate of drug-likeness (QED) is 0.592. The number of allylic oxidation sites excluding steroid dienone is 1. The number of carbonyl (C=O) groups excluding carboxylic acids is 2. The van der Waals surface area contributed by atoms with Gasteiger partial charge >= 0.3 is 0 Å². The van der Waals surface area contributed by atoms with Gasteiger partial charge < -0.3 is 4.90 Å².